The molecule has 0 aromatic heterocycles. The van der Waals surface area contributed by atoms with Crippen LogP contribution in [0.2, 0.25) is 0 Å². The smallest absolute Gasteiger partial charge is 0.275 e. The second kappa shape index (κ2) is 4.65. The molecule has 1 aromatic rings. The maximum absolute atomic E-state index is 13.4. The molecule has 0 aliphatic heterocycles. The van der Waals surface area contributed by atoms with Crippen LogP contribution in [0, 0.1) is 27.2 Å². The molecular formula is C11H14F2N2O2. The topological polar surface area (TPSA) is 55.2 Å². The van der Waals surface area contributed by atoms with Crippen molar-refractivity contribution in [3.05, 3.63) is 33.9 Å². The quantitative estimate of drug-likeness (QED) is 0.655. The number of anilines is 1. The number of nitro groups is 1. The van der Waals surface area contributed by atoms with Gasteiger partial charge in [-0.1, -0.05) is 20.8 Å². The van der Waals surface area contributed by atoms with E-state index in [1.807, 2.05) is 20.8 Å². The molecule has 0 bridgehead atoms. The Balaban J connectivity index is 2.98. The number of hydrogen-bond acceptors (Lipinski definition) is 3. The Bertz CT molecular complexity index is 419. The van der Waals surface area contributed by atoms with E-state index in [1.54, 1.807) is 0 Å². The molecule has 0 saturated heterocycles. The summed E-state index contributed by atoms with van der Waals surface area (Å²) in [5.41, 5.74) is -1.08. The molecule has 6 heteroatoms. The third-order valence-corrected chi connectivity index (χ3v) is 2.03. The zero-order valence-electron chi connectivity index (χ0n) is 9.88. The van der Waals surface area contributed by atoms with Gasteiger partial charge in [0.25, 0.3) is 5.69 Å². The number of nitrogens with zero attached hydrogens (tertiary/aromatic N) is 1. The average molecular weight is 244 g/mol. The maximum atomic E-state index is 13.4. The summed E-state index contributed by atoms with van der Waals surface area (Å²) in [7, 11) is 0. The standard InChI is InChI=1S/C11H14F2N2O2/c1-11(2,3)6-14-10-8(12)4-7(15(16)17)5-9(10)13/h4-5,14H,6H2,1-3H3. The number of nitro benzene ring substituents is 1. The van der Waals surface area contributed by atoms with Gasteiger partial charge in [0.05, 0.1) is 17.1 Å². The largest absolute Gasteiger partial charge is 0.380 e. The molecule has 1 N–H and O–H groups in total. The molecule has 1 rings (SSSR count). The summed E-state index contributed by atoms with van der Waals surface area (Å²) in [5.74, 6) is -1.91. The zero-order valence-corrected chi connectivity index (χ0v) is 9.88. The Morgan fingerprint density at radius 1 is 1.29 bits per heavy atom. The molecule has 0 aliphatic rings. The van der Waals surface area contributed by atoms with E-state index < -0.39 is 22.2 Å². The minimum atomic E-state index is -0.957. The fourth-order valence-corrected chi connectivity index (χ4v) is 1.19. The van der Waals surface area contributed by atoms with Crippen molar-refractivity contribution in [3.63, 3.8) is 0 Å². The fourth-order valence-electron chi connectivity index (χ4n) is 1.19. The van der Waals surface area contributed by atoms with Gasteiger partial charge in [-0.25, -0.2) is 8.78 Å². The number of non-ortho nitro benzene ring substituents is 1. The lowest BCUT2D eigenvalue weighted by Gasteiger charge is -2.20. The van der Waals surface area contributed by atoms with Crippen molar-refractivity contribution in [2.24, 2.45) is 5.41 Å². The summed E-state index contributed by atoms with van der Waals surface area (Å²) in [6, 6.07) is 1.40. The lowest BCUT2D eigenvalue weighted by atomic mass is 9.97. The minimum absolute atomic E-state index is 0.152. The van der Waals surface area contributed by atoms with E-state index in [2.05, 4.69) is 5.32 Å². The molecule has 0 aliphatic carbocycles. The van der Waals surface area contributed by atoms with Gasteiger partial charge in [-0.2, -0.15) is 0 Å². The van der Waals surface area contributed by atoms with Crippen LogP contribution in [0.3, 0.4) is 0 Å². The molecule has 0 heterocycles. The summed E-state index contributed by atoms with van der Waals surface area (Å²) in [6.45, 7) is 6.07. The van der Waals surface area contributed by atoms with Crippen molar-refractivity contribution in [2.75, 3.05) is 11.9 Å². The summed E-state index contributed by atoms with van der Waals surface area (Å²) < 4.78 is 26.9. The van der Waals surface area contributed by atoms with E-state index in [1.165, 1.54) is 0 Å². The highest BCUT2D eigenvalue weighted by Gasteiger charge is 2.18. The molecule has 0 amide bonds. The number of benzene rings is 1. The summed E-state index contributed by atoms with van der Waals surface area (Å²) in [4.78, 5) is 9.55. The predicted molar refractivity (Wildman–Crippen MR) is 61.0 cm³/mol. The monoisotopic (exact) mass is 244 g/mol. The van der Waals surface area contributed by atoms with E-state index >= 15 is 0 Å². The van der Waals surface area contributed by atoms with E-state index in [4.69, 9.17) is 0 Å². The Hall–Kier alpha value is -1.72. The Morgan fingerprint density at radius 2 is 1.76 bits per heavy atom. The van der Waals surface area contributed by atoms with Crippen LogP contribution in [0.15, 0.2) is 12.1 Å². The maximum Gasteiger partial charge on any atom is 0.275 e. The normalized spacial score (nSPS) is 11.4. The van der Waals surface area contributed by atoms with Crippen LogP contribution in [0.1, 0.15) is 20.8 Å². The summed E-state index contributed by atoms with van der Waals surface area (Å²) >= 11 is 0. The van der Waals surface area contributed by atoms with E-state index in [-0.39, 0.29) is 11.1 Å². The van der Waals surface area contributed by atoms with Gasteiger partial charge in [-0.05, 0) is 5.41 Å². The lowest BCUT2D eigenvalue weighted by molar-refractivity contribution is -0.385. The molecule has 0 spiro atoms. The SMILES string of the molecule is CC(C)(C)CNc1c(F)cc([N+](=O)[O-])cc1F. The van der Waals surface area contributed by atoms with Crippen molar-refractivity contribution < 1.29 is 13.7 Å². The second-order valence-electron chi connectivity index (χ2n) is 4.96. The van der Waals surface area contributed by atoms with Gasteiger partial charge in [0, 0.05) is 6.54 Å². The van der Waals surface area contributed by atoms with Gasteiger partial charge in [0.15, 0.2) is 11.6 Å². The van der Waals surface area contributed by atoms with Crippen molar-refractivity contribution in [1.82, 2.24) is 0 Å². The average Bonchev–Trinajstić information content (AvgIpc) is 2.14. The molecule has 1 aromatic carbocycles. The molecular weight excluding hydrogens is 230 g/mol. The van der Waals surface area contributed by atoms with Crippen LogP contribution >= 0.6 is 0 Å². The van der Waals surface area contributed by atoms with Gasteiger partial charge in [-0.3, -0.25) is 10.1 Å². The number of halogens is 2. The third kappa shape index (κ3) is 3.65. The number of rotatable bonds is 3. The first-order valence-electron chi connectivity index (χ1n) is 5.08. The van der Waals surface area contributed by atoms with Gasteiger partial charge in [-0.15, -0.1) is 0 Å². The van der Waals surface area contributed by atoms with Crippen LogP contribution in [0.25, 0.3) is 0 Å². The van der Waals surface area contributed by atoms with Crippen LogP contribution < -0.4 is 5.32 Å². The van der Waals surface area contributed by atoms with Gasteiger partial charge in [0.2, 0.25) is 0 Å². The van der Waals surface area contributed by atoms with Crippen molar-refractivity contribution in [3.8, 4) is 0 Å². The van der Waals surface area contributed by atoms with Crippen LogP contribution in [-0.4, -0.2) is 11.5 Å². The van der Waals surface area contributed by atoms with Crippen LogP contribution in [-0.2, 0) is 0 Å². The fraction of sp³-hybridized carbons (Fsp3) is 0.455. The Labute approximate surface area is 97.8 Å². The lowest BCUT2D eigenvalue weighted by Crippen LogP contribution is -2.20. The van der Waals surface area contributed by atoms with Crippen LogP contribution in [0.5, 0.6) is 0 Å². The van der Waals surface area contributed by atoms with Crippen molar-refractivity contribution >= 4 is 11.4 Å². The van der Waals surface area contributed by atoms with Crippen molar-refractivity contribution in [2.45, 2.75) is 20.8 Å². The van der Waals surface area contributed by atoms with Gasteiger partial charge in [0.1, 0.15) is 5.69 Å². The first-order chi connectivity index (χ1) is 7.70. The van der Waals surface area contributed by atoms with Gasteiger partial charge < -0.3 is 5.32 Å². The molecule has 0 radical (unpaired) electrons. The highest BCUT2D eigenvalue weighted by atomic mass is 19.1. The summed E-state index contributed by atoms with van der Waals surface area (Å²) in [6.07, 6.45) is 0. The predicted octanol–water partition coefficient (Wildman–Crippen LogP) is 3.33. The molecule has 0 saturated carbocycles. The summed E-state index contributed by atoms with van der Waals surface area (Å²) in [5, 5.41) is 13.0. The highest BCUT2D eigenvalue weighted by Crippen LogP contribution is 2.26. The first kappa shape index (κ1) is 13.3. The molecule has 0 atom stereocenters. The van der Waals surface area contributed by atoms with Crippen molar-refractivity contribution in [1.29, 1.82) is 0 Å². The molecule has 17 heavy (non-hydrogen) atoms. The molecule has 94 valence electrons. The third-order valence-electron chi connectivity index (χ3n) is 2.03. The van der Waals surface area contributed by atoms with Crippen LogP contribution in [0.4, 0.5) is 20.2 Å². The van der Waals surface area contributed by atoms with E-state index in [0.717, 1.165) is 0 Å². The zero-order chi connectivity index (χ0) is 13.2. The number of nitrogens with one attached hydrogen (secondary N) is 1. The second-order valence-corrected chi connectivity index (χ2v) is 4.96. The molecule has 4 nitrogen and oxygen atoms in total. The minimum Gasteiger partial charge on any atom is -0.380 e. The number of hydrogen-bond donors (Lipinski definition) is 1. The highest BCUT2D eigenvalue weighted by molar-refractivity contribution is 5.51. The van der Waals surface area contributed by atoms with E-state index in [9.17, 15) is 18.9 Å². The first-order valence-corrected chi connectivity index (χ1v) is 5.08. The molecule has 0 unspecified atom stereocenters. The van der Waals surface area contributed by atoms with Gasteiger partial charge >= 0.3 is 0 Å². The van der Waals surface area contributed by atoms with E-state index in [0.29, 0.717) is 18.7 Å². The Kier molecular flexibility index (Phi) is 3.65. The molecule has 0 fully saturated rings. The Morgan fingerprint density at radius 3 is 2.12 bits per heavy atom.